The maximum absolute atomic E-state index is 5.71. The van der Waals surface area contributed by atoms with Gasteiger partial charge >= 0.3 is 0 Å². The molecule has 5 heteroatoms. The van der Waals surface area contributed by atoms with E-state index in [0.717, 1.165) is 35.5 Å². The van der Waals surface area contributed by atoms with E-state index < -0.39 is 0 Å². The van der Waals surface area contributed by atoms with Gasteiger partial charge in [-0.05, 0) is 50.8 Å². The maximum Gasteiger partial charge on any atom is 0.191 e. The zero-order chi connectivity index (χ0) is 17.4. The number of ether oxygens (including phenoxy) is 2. The number of hydrogen-bond acceptors (Lipinski definition) is 3. The van der Waals surface area contributed by atoms with E-state index in [2.05, 4.69) is 28.6 Å². The minimum Gasteiger partial charge on any atom is -0.490 e. The SMILES string of the molecule is CCOc1ccc(C(C)NC(=NC)NCCC2CC2)cc1OCC. The van der Waals surface area contributed by atoms with Crippen LogP contribution in [0.2, 0.25) is 0 Å². The molecule has 0 saturated heterocycles. The Kier molecular flexibility index (Phi) is 7.22. The number of rotatable bonds is 9. The zero-order valence-electron chi connectivity index (χ0n) is 15.4. The van der Waals surface area contributed by atoms with Gasteiger partial charge in [0.25, 0.3) is 0 Å². The summed E-state index contributed by atoms with van der Waals surface area (Å²) in [6, 6.07) is 6.23. The quantitative estimate of drug-likeness (QED) is 0.536. The molecule has 0 aliphatic heterocycles. The Morgan fingerprint density at radius 3 is 2.54 bits per heavy atom. The lowest BCUT2D eigenvalue weighted by atomic mass is 10.1. The highest BCUT2D eigenvalue weighted by atomic mass is 16.5. The molecule has 0 bridgehead atoms. The van der Waals surface area contributed by atoms with E-state index in [1.54, 1.807) is 0 Å². The monoisotopic (exact) mass is 333 g/mol. The molecule has 1 aliphatic rings. The number of aliphatic imine (C=N–C) groups is 1. The van der Waals surface area contributed by atoms with Crippen LogP contribution < -0.4 is 20.1 Å². The number of nitrogens with zero attached hydrogens (tertiary/aromatic N) is 1. The largest absolute Gasteiger partial charge is 0.490 e. The van der Waals surface area contributed by atoms with Crippen LogP contribution in [0.1, 0.15) is 51.6 Å². The molecule has 1 atom stereocenters. The summed E-state index contributed by atoms with van der Waals surface area (Å²) in [5, 5.41) is 6.84. The van der Waals surface area contributed by atoms with Gasteiger partial charge in [-0.15, -0.1) is 0 Å². The molecule has 2 rings (SSSR count). The molecular formula is C19H31N3O2. The summed E-state index contributed by atoms with van der Waals surface area (Å²) in [5.41, 5.74) is 1.15. The summed E-state index contributed by atoms with van der Waals surface area (Å²) >= 11 is 0. The van der Waals surface area contributed by atoms with Gasteiger partial charge in [0.2, 0.25) is 0 Å². The van der Waals surface area contributed by atoms with Crippen LogP contribution >= 0.6 is 0 Å². The summed E-state index contributed by atoms with van der Waals surface area (Å²) in [4.78, 5) is 4.32. The van der Waals surface area contributed by atoms with Crippen LogP contribution in [0.15, 0.2) is 23.2 Å². The molecule has 5 nitrogen and oxygen atoms in total. The third-order valence-corrected chi connectivity index (χ3v) is 4.19. The van der Waals surface area contributed by atoms with Crippen LogP contribution in [0.25, 0.3) is 0 Å². The minimum atomic E-state index is 0.131. The molecule has 1 fully saturated rings. The number of nitrogens with one attached hydrogen (secondary N) is 2. The van der Waals surface area contributed by atoms with Crippen LogP contribution in [0.5, 0.6) is 11.5 Å². The molecule has 1 unspecified atom stereocenters. The van der Waals surface area contributed by atoms with Gasteiger partial charge in [-0.1, -0.05) is 18.9 Å². The van der Waals surface area contributed by atoms with Crippen molar-refractivity contribution in [2.24, 2.45) is 10.9 Å². The van der Waals surface area contributed by atoms with Gasteiger partial charge in [0.15, 0.2) is 17.5 Å². The average molecular weight is 333 g/mol. The van der Waals surface area contributed by atoms with E-state index in [1.807, 2.05) is 33.0 Å². The molecule has 1 aliphatic carbocycles. The van der Waals surface area contributed by atoms with Crippen molar-refractivity contribution in [3.63, 3.8) is 0 Å². The van der Waals surface area contributed by atoms with Gasteiger partial charge in [-0.25, -0.2) is 0 Å². The van der Waals surface area contributed by atoms with Crippen LogP contribution in [0, 0.1) is 5.92 Å². The number of benzene rings is 1. The first-order chi connectivity index (χ1) is 11.7. The number of hydrogen-bond donors (Lipinski definition) is 2. The third kappa shape index (κ3) is 5.62. The summed E-state index contributed by atoms with van der Waals surface area (Å²) in [5.74, 6) is 3.35. The third-order valence-electron chi connectivity index (χ3n) is 4.19. The molecule has 24 heavy (non-hydrogen) atoms. The highest BCUT2D eigenvalue weighted by Gasteiger charge is 2.20. The Balaban J connectivity index is 1.95. The summed E-state index contributed by atoms with van der Waals surface area (Å²) in [6.45, 7) is 8.31. The maximum atomic E-state index is 5.71. The number of guanidine groups is 1. The van der Waals surface area contributed by atoms with E-state index in [9.17, 15) is 0 Å². The van der Waals surface area contributed by atoms with Crippen molar-refractivity contribution in [2.75, 3.05) is 26.8 Å². The Bertz CT molecular complexity index is 541. The fraction of sp³-hybridized carbons (Fsp3) is 0.632. The van der Waals surface area contributed by atoms with Crippen molar-refractivity contribution in [1.29, 1.82) is 0 Å². The lowest BCUT2D eigenvalue weighted by Crippen LogP contribution is -2.39. The molecule has 0 heterocycles. The van der Waals surface area contributed by atoms with E-state index in [0.29, 0.717) is 13.2 Å². The van der Waals surface area contributed by atoms with Crippen molar-refractivity contribution < 1.29 is 9.47 Å². The summed E-state index contributed by atoms with van der Waals surface area (Å²) < 4.78 is 11.3. The molecule has 0 spiro atoms. The molecule has 134 valence electrons. The van der Waals surface area contributed by atoms with Gasteiger partial charge in [0, 0.05) is 13.6 Å². The average Bonchev–Trinajstić information content (AvgIpc) is 3.40. The predicted molar refractivity (Wildman–Crippen MR) is 99.0 cm³/mol. The molecule has 1 aromatic rings. The molecule has 0 amide bonds. The van der Waals surface area contributed by atoms with Crippen LogP contribution in [0.4, 0.5) is 0 Å². The lowest BCUT2D eigenvalue weighted by Gasteiger charge is -2.20. The Morgan fingerprint density at radius 1 is 1.21 bits per heavy atom. The van der Waals surface area contributed by atoms with Gasteiger partial charge in [0.05, 0.1) is 19.3 Å². The highest BCUT2D eigenvalue weighted by molar-refractivity contribution is 5.80. The smallest absolute Gasteiger partial charge is 0.191 e. The van der Waals surface area contributed by atoms with Gasteiger partial charge < -0.3 is 20.1 Å². The Hall–Kier alpha value is -1.91. The fourth-order valence-electron chi connectivity index (χ4n) is 2.62. The van der Waals surface area contributed by atoms with Crippen LogP contribution in [-0.4, -0.2) is 32.8 Å². The van der Waals surface area contributed by atoms with E-state index in [4.69, 9.17) is 9.47 Å². The second-order valence-electron chi connectivity index (χ2n) is 6.17. The second kappa shape index (κ2) is 9.40. The standard InChI is InChI=1S/C19H31N3O2/c1-5-23-17-10-9-16(13-18(17)24-6-2)14(3)22-19(20-4)21-12-11-15-7-8-15/h9-10,13-15H,5-8,11-12H2,1-4H3,(H2,20,21,22). The van der Waals surface area contributed by atoms with Crippen molar-refractivity contribution in [3.8, 4) is 11.5 Å². The normalized spacial score (nSPS) is 15.8. The topological polar surface area (TPSA) is 54.9 Å². The summed E-state index contributed by atoms with van der Waals surface area (Å²) in [6.07, 6.45) is 4.00. The van der Waals surface area contributed by atoms with Gasteiger partial charge in [-0.2, -0.15) is 0 Å². The molecule has 1 aromatic carbocycles. The first-order valence-electron chi connectivity index (χ1n) is 9.04. The van der Waals surface area contributed by atoms with Crippen molar-refractivity contribution in [2.45, 2.75) is 46.1 Å². The van der Waals surface area contributed by atoms with Gasteiger partial charge in [0.1, 0.15) is 0 Å². The zero-order valence-corrected chi connectivity index (χ0v) is 15.4. The first kappa shape index (κ1) is 18.4. The predicted octanol–water partition coefficient (Wildman–Crippen LogP) is 3.51. The molecule has 0 radical (unpaired) electrons. The van der Waals surface area contributed by atoms with Crippen LogP contribution in [-0.2, 0) is 0 Å². The van der Waals surface area contributed by atoms with Crippen molar-refractivity contribution in [1.82, 2.24) is 10.6 Å². The van der Waals surface area contributed by atoms with Gasteiger partial charge in [-0.3, -0.25) is 4.99 Å². The molecular weight excluding hydrogens is 302 g/mol. The fourth-order valence-corrected chi connectivity index (χ4v) is 2.62. The summed E-state index contributed by atoms with van der Waals surface area (Å²) in [7, 11) is 1.81. The van der Waals surface area contributed by atoms with E-state index in [-0.39, 0.29) is 6.04 Å². The highest BCUT2D eigenvalue weighted by Crippen LogP contribution is 2.32. The lowest BCUT2D eigenvalue weighted by molar-refractivity contribution is 0.287. The first-order valence-corrected chi connectivity index (χ1v) is 9.04. The van der Waals surface area contributed by atoms with Crippen LogP contribution in [0.3, 0.4) is 0 Å². The molecule has 2 N–H and O–H groups in total. The van der Waals surface area contributed by atoms with Crippen molar-refractivity contribution in [3.05, 3.63) is 23.8 Å². The minimum absolute atomic E-state index is 0.131. The Morgan fingerprint density at radius 2 is 1.92 bits per heavy atom. The van der Waals surface area contributed by atoms with E-state index in [1.165, 1.54) is 19.3 Å². The van der Waals surface area contributed by atoms with Crippen molar-refractivity contribution >= 4 is 5.96 Å². The van der Waals surface area contributed by atoms with E-state index >= 15 is 0 Å². The molecule has 1 saturated carbocycles. The molecule has 0 aromatic heterocycles. The second-order valence-corrected chi connectivity index (χ2v) is 6.17. The Labute approximate surface area is 145 Å².